The van der Waals surface area contributed by atoms with Crippen LogP contribution < -0.4 is 11.1 Å². The Hall–Kier alpha value is -1.05. The Kier molecular flexibility index (Phi) is 4.84. The molecule has 1 saturated heterocycles. The molecule has 1 aromatic heterocycles. The van der Waals surface area contributed by atoms with Crippen molar-refractivity contribution in [3.63, 3.8) is 0 Å². The molecule has 0 aliphatic carbocycles. The van der Waals surface area contributed by atoms with E-state index >= 15 is 0 Å². The predicted octanol–water partition coefficient (Wildman–Crippen LogP) is 1.18. The first-order chi connectivity index (χ1) is 9.08. The lowest BCUT2D eigenvalue weighted by Gasteiger charge is -2.10. The van der Waals surface area contributed by atoms with Gasteiger partial charge in [0.05, 0.1) is 6.10 Å². The second-order valence-corrected chi connectivity index (χ2v) is 6.21. The van der Waals surface area contributed by atoms with Gasteiger partial charge >= 0.3 is 0 Å². The number of hydrogen-bond acceptors (Lipinski definition) is 6. The zero-order valence-electron chi connectivity index (χ0n) is 11.3. The van der Waals surface area contributed by atoms with Crippen LogP contribution in [-0.4, -0.2) is 34.9 Å². The molecule has 106 valence electrons. The van der Waals surface area contributed by atoms with Gasteiger partial charge in [-0.1, -0.05) is 25.2 Å². The second kappa shape index (κ2) is 6.40. The lowest BCUT2D eigenvalue weighted by Crippen LogP contribution is -2.29. The molecule has 1 aromatic rings. The average molecular weight is 284 g/mol. The van der Waals surface area contributed by atoms with Gasteiger partial charge in [-0.15, -0.1) is 10.2 Å². The Balaban J connectivity index is 1.87. The molecule has 1 aliphatic heterocycles. The van der Waals surface area contributed by atoms with Gasteiger partial charge in [0.2, 0.25) is 5.13 Å². The molecule has 0 aromatic carbocycles. The van der Waals surface area contributed by atoms with E-state index in [1.54, 1.807) is 0 Å². The molecule has 0 unspecified atom stereocenters. The van der Waals surface area contributed by atoms with Crippen molar-refractivity contribution < 1.29 is 9.53 Å². The number of nitrogens with zero attached hydrogens (tertiary/aromatic N) is 2. The first-order valence-electron chi connectivity index (χ1n) is 6.57. The first kappa shape index (κ1) is 14.4. The summed E-state index contributed by atoms with van der Waals surface area (Å²) in [7, 11) is 0. The van der Waals surface area contributed by atoms with Crippen LogP contribution >= 0.6 is 11.3 Å². The number of nitrogens with two attached hydrogens (primary N) is 1. The number of rotatable bonds is 5. The van der Waals surface area contributed by atoms with Gasteiger partial charge in [0, 0.05) is 13.0 Å². The monoisotopic (exact) mass is 284 g/mol. The van der Waals surface area contributed by atoms with Crippen LogP contribution in [0.25, 0.3) is 0 Å². The lowest BCUT2D eigenvalue weighted by molar-refractivity contribution is -0.126. The van der Waals surface area contributed by atoms with Crippen molar-refractivity contribution in [2.24, 2.45) is 11.7 Å². The highest BCUT2D eigenvalue weighted by Crippen LogP contribution is 2.22. The molecule has 7 heteroatoms. The maximum atomic E-state index is 12.0. The minimum atomic E-state index is -0.411. The van der Waals surface area contributed by atoms with E-state index in [2.05, 4.69) is 29.4 Å². The lowest BCUT2D eigenvalue weighted by atomic mass is 10.1. The summed E-state index contributed by atoms with van der Waals surface area (Å²) >= 11 is 1.42. The topological polar surface area (TPSA) is 90.1 Å². The van der Waals surface area contributed by atoms with Gasteiger partial charge < -0.3 is 10.5 Å². The van der Waals surface area contributed by atoms with E-state index in [0.29, 0.717) is 24.0 Å². The Morgan fingerprint density at radius 3 is 2.95 bits per heavy atom. The minimum Gasteiger partial charge on any atom is -0.364 e. The SMILES string of the molecule is CC(C)Cc1nnc(NC(=O)[C@@H]2CC[C@H](CN)O2)s1. The van der Waals surface area contributed by atoms with Crippen LogP contribution in [0.15, 0.2) is 0 Å². The molecular weight excluding hydrogens is 264 g/mol. The standard InChI is InChI=1S/C12H20N4O2S/c1-7(2)5-10-15-16-12(19-10)14-11(17)9-4-3-8(6-13)18-9/h7-9H,3-6,13H2,1-2H3,(H,14,16,17)/t8-,9+/m1/s1. The smallest absolute Gasteiger partial charge is 0.255 e. The number of anilines is 1. The molecule has 3 N–H and O–H groups in total. The maximum Gasteiger partial charge on any atom is 0.255 e. The number of amides is 1. The largest absolute Gasteiger partial charge is 0.364 e. The Labute approximate surface area is 116 Å². The number of hydrogen-bond donors (Lipinski definition) is 2. The molecule has 6 nitrogen and oxygen atoms in total. The van der Waals surface area contributed by atoms with Crippen LogP contribution in [0, 0.1) is 5.92 Å². The number of carbonyl (C=O) groups is 1. The van der Waals surface area contributed by atoms with E-state index in [9.17, 15) is 4.79 Å². The molecule has 2 rings (SSSR count). The summed E-state index contributed by atoms with van der Waals surface area (Å²) < 4.78 is 5.54. The summed E-state index contributed by atoms with van der Waals surface area (Å²) in [6.07, 6.45) is 2.02. The fraction of sp³-hybridized carbons (Fsp3) is 0.750. The molecule has 0 spiro atoms. The molecule has 2 heterocycles. The summed E-state index contributed by atoms with van der Waals surface area (Å²) in [5, 5.41) is 12.3. The van der Waals surface area contributed by atoms with Gasteiger partial charge in [-0.05, 0) is 18.8 Å². The third-order valence-corrected chi connectivity index (χ3v) is 3.80. The zero-order valence-corrected chi connectivity index (χ0v) is 12.1. The van der Waals surface area contributed by atoms with Crippen molar-refractivity contribution in [1.29, 1.82) is 0 Å². The van der Waals surface area contributed by atoms with E-state index < -0.39 is 6.10 Å². The average Bonchev–Trinajstić information content (AvgIpc) is 2.97. The van der Waals surface area contributed by atoms with Crippen molar-refractivity contribution in [3.05, 3.63) is 5.01 Å². The molecule has 2 atom stereocenters. The van der Waals surface area contributed by atoms with Crippen LogP contribution in [0.1, 0.15) is 31.7 Å². The number of ether oxygens (including phenoxy) is 1. The Morgan fingerprint density at radius 1 is 1.53 bits per heavy atom. The highest BCUT2D eigenvalue weighted by molar-refractivity contribution is 7.15. The molecular formula is C12H20N4O2S. The van der Waals surface area contributed by atoms with Gasteiger partial charge in [0.25, 0.3) is 5.91 Å². The molecule has 19 heavy (non-hydrogen) atoms. The van der Waals surface area contributed by atoms with E-state index in [0.717, 1.165) is 17.8 Å². The van der Waals surface area contributed by atoms with Crippen molar-refractivity contribution in [3.8, 4) is 0 Å². The van der Waals surface area contributed by atoms with Crippen LogP contribution in [0.3, 0.4) is 0 Å². The Bertz CT molecular complexity index is 435. The first-order valence-corrected chi connectivity index (χ1v) is 7.39. The van der Waals surface area contributed by atoms with E-state index in [4.69, 9.17) is 10.5 Å². The van der Waals surface area contributed by atoms with Gasteiger partial charge in [-0.3, -0.25) is 10.1 Å². The quantitative estimate of drug-likeness (QED) is 0.847. The van der Waals surface area contributed by atoms with Crippen LogP contribution in [0.5, 0.6) is 0 Å². The van der Waals surface area contributed by atoms with Gasteiger partial charge in [0.1, 0.15) is 11.1 Å². The van der Waals surface area contributed by atoms with Crippen molar-refractivity contribution in [2.45, 2.75) is 45.3 Å². The predicted molar refractivity (Wildman–Crippen MR) is 74.0 cm³/mol. The molecule has 0 saturated carbocycles. The highest BCUT2D eigenvalue weighted by atomic mass is 32.1. The van der Waals surface area contributed by atoms with Gasteiger partial charge in [-0.2, -0.15) is 0 Å². The summed E-state index contributed by atoms with van der Waals surface area (Å²) in [6, 6.07) is 0. The summed E-state index contributed by atoms with van der Waals surface area (Å²) in [6.45, 7) is 4.71. The van der Waals surface area contributed by atoms with E-state index in [1.807, 2.05) is 0 Å². The molecule has 0 bridgehead atoms. The highest BCUT2D eigenvalue weighted by Gasteiger charge is 2.30. The normalized spacial score (nSPS) is 22.9. The fourth-order valence-corrected chi connectivity index (χ4v) is 2.95. The summed E-state index contributed by atoms with van der Waals surface area (Å²) in [5.74, 6) is 0.378. The van der Waals surface area contributed by atoms with Gasteiger partial charge in [-0.25, -0.2) is 0 Å². The van der Waals surface area contributed by atoms with Crippen molar-refractivity contribution in [2.75, 3.05) is 11.9 Å². The summed E-state index contributed by atoms with van der Waals surface area (Å²) in [4.78, 5) is 12.0. The van der Waals surface area contributed by atoms with Crippen LogP contribution in [0.2, 0.25) is 0 Å². The molecule has 1 fully saturated rings. The van der Waals surface area contributed by atoms with Crippen molar-refractivity contribution in [1.82, 2.24) is 10.2 Å². The summed E-state index contributed by atoms with van der Waals surface area (Å²) in [5.41, 5.74) is 5.52. The Morgan fingerprint density at radius 2 is 2.32 bits per heavy atom. The molecule has 0 radical (unpaired) electrons. The third kappa shape index (κ3) is 3.95. The second-order valence-electron chi connectivity index (χ2n) is 5.15. The van der Waals surface area contributed by atoms with Crippen molar-refractivity contribution >= 4 is 22.4 Å². The minimum absolute atomic E-state index is 0.00155. The zero-order chi connectivity index (χ0) is 13.8. The number of aromatic nitrogens is 2. The van der Waals surface area contributed by atoms with E-state index in [1.165, 1.54) is 11.3 Å². The number of carbonyl (C=O) groups excluding carboxylic acids is 1. The van der Waals surface area contributed by atoms with Crippen LogP contribution in [-0.2, 0) is 16.0 Å². The molecule has 1 amide bonds. The maximum absolute atomic E-state index is 12.0. The van der Waals surface area contributed by atoms with E-state index in [-0.39, 0.29) is 12.0 Å². The third-order valence-electron chi connectivity index (χ3n) is 2.94. The van der Waals surface area contributed by atoms with Crippen LogP contribution in [0.4, 0.5) is 5.13 Å². The fourth-order valence-electron chi connectivity index (χ4n) is 1.99. The van der Waals surface area contributed by atoms with Gasteiger partial charge in [0.15, 0.2) is 0 Å². The number of nitrogens with one attached hydrogen (secondary N) is 1. The molecule has 1 aliphatic rings.